The zero-order chi connectivity index (χ0) is 10.3. The van der Waals surface area contributed by atoms with Crippen LogP contribution in [-0.2, 0) is 10.0 Å². The maximum absolute atomic E-state index is 11.4. The van der Waals surface area contributed by atoms with Crippen molar-refractivity contribution in [3.63, 3.8) is 0 Å². The van der Waals surface area contributed by atoms with Crippen LogP contribution in [0.15, 0.2) is 12.7 Å². The third-order valence-corrected chi connectivity index (χ3v) is 3.37. The van der Waals surface area contributed by atoms with Gasteiger partial charge in [0.05, 0.1) is 12.4 Å². The van der Waals surface area contributed by atoms with Gasteiger partial charge in [0.2, 0.25) is 10.0 Å². The molecule has 0 aromatic rings. The molecular weight excluding hydrogens is 190 g/mol. The van der Waals surface area contributed by atoms with Gasteiger partial charge >= 0.3 is 0 Å². The lowest BCUT2D eigenvalue weighted by molar-refractivity contribution is 0.315. The molecular formula is C8H17NO3S. The molecule has 4 nitrogen and oxygen atoms in total. The lowest BCUT2D eigenvalue weighted by Gasteiger charge is -2.18. The second-order valence-corrected chi connectivity index (χ2v) is 4.77. The first-order valence-corrected chi connectivity index (χ1v) is 5.89. The Morgan fingerprint density at radius 1 is 1.54 bits per heavy atom. The van der Waals surface area contributed by atoms with Crippen molar-refractivity contribution in [2.45, 2.75) is 13.3 Å². The molecule has 13 heavy (non-hydrogen) atoms. The summed E-state index contributed by atoms with van der Waals surface area (Å²) >= 11 is 0. The Morgan fingerprint density at radius 2 is 2.15 bits per heavy atom. The molecule has 0 atom stereocenters. The van der Waals surface area contributed by atoms with E-state index in [4.69, 9.17) is 5.11 Å². The van der Waals surface area contributed by atoms with Gasteiger partial charge in [-0.1, -0.05) is 13.0 Å². The van der Waals surface area contributed by atoms with Gasteiger partial charge in [0.15, 0.2) is 0 Å². The molecule has 5 heteroatoms. The number of sulfonamides is 1. The number of hydrogen-bond donors (Lipinski definition) is 1. The van der Waals surface area contributed by atoms with Crippen molar-refractivity contribution >= 4 is 10.0 Å². The first-order chi connectivity index (χ1) is 6.08. The van der Waals surface area contributed by atoms with E-state index >= 15 is 0 Å². The predicted octanol–water partition coefficient (Wildman–Crippen LogP) is 0.207. The molecule has 0 spiro atoms. The Kier molecular flexibility index (Phi) is 5.94. The number of aliphatic hydroxyl groups is 1. The van der Waals surface area contributed by atoms with Gasteiger partial charge in [-0.3, -0.25) is 0 Å². The first kappa shape index (κ1) is 12.6. The van der Waals surface area contributed by atoms with Crippen molar-refractivity contribution < 1.29 is 13.5 Å². The van der Waals surface area contributed by atoms with Gasteiger partial charge in [-0.05, 0) is 6.42 Å². The summed E-state index contributed by atoms with van der Waals surface area (Å²) in [6.07, 6.45) is 2.31. The lowest BCUT2D eigenvalue weighted by Crippen LogP contribution is -2.34. The fraction of sp³-hybridized carbons (Fsp3) is 0.750. The van der Waals surface area contributed by atoms with Crippen LogP contribution in [0, 0.1) is 0 Å². The SMILES string of the molecule is C=CCN(CCC)S(=O)(=O)CCO. The molecule has 0 aromatic heterocycles. The number of aliphatic hydroxyl groups excluding tert-OH is 1. The van der Waals surface area contributed by atoms with E-state index in [-0.39, 0.29) is 12.4 Å². The van der Waals surface area contributed by atoms with E-state index in [1.54, 1.807) is 6.08 Å². The van der Waals surface area contributed by atoms with E-state index < -0.39 is 10.0 Å². The van der Waals surface area contributed by atoms with Crippen LogP contribution >= 0.6 is 0 Å². The Balaban J connectivity index is 4.41. The quantitative estimate of drug-likeness (QED) is 0.607. The first-order valence-electron chi connectivity index (χ1n) is 4.28. The maximum atomic E-state index is 11.4. The fourth-order valence-electron chi connectivity index (χ4n) is 0.982. The van der Waals surface area contributed by atoms with Crippen LogP contribution in [0.3, 0.4) is 0 Å². The average molecular weight is 207 g/mol. The molecule has 0 radical (unpaired) electrons. The molecule has 0 saturated heterocycles. The predicted molar refractivity (Wildman–Crippen MR) is 52.9 cm³/mol. The number of nitrogens with zero attached hydrogens (tertiary/aromatic N) is 1. The van der Waals surface area contributed by atoms with Gasteiger partial charge < -0.3 is 5.11 Å². The third-order valence-electron chi connectivity index (χ3n) is 1.55. The molecule has 0 aliphatic rings. The zero-order valence-corrected chi connectivity index (χ0v) is 8.76. The Bertz CT molecular complexity index is 236. The van der Waals surface area contributed by atoms with Crippen LogP contribution < -0.4 is 0 Å². The van der Waals surface area contributed by atoms with Crippen molar-refractivity contribution in [1.82, 2.24) is 4.31 Å². The second kappa shape index (κ2) is 6.12. The maximum Gasteiger partial charge on any atom is 0.216 e. The van der Waals surface area contributed by atoms with Crippen LogP contribution in [0.25, 0.3) is 0 Å². The topological polar surface area (TPSA) is 57.6 Å². The van der Waals surface area contributed by atoms with E-state index in [2.05, 4.69) is 6.58 Å². The van der Waals surface area contributed by atoms with Gasteiger partial charge in [-0.15, -0.1) is 6.58 Å². The summed E-state index contributed by atoms with van der Waals surface area (Å²) in [5, 5.41) is 8.56. The summed E-state index contributed by atoms with van der Waals surface area (Å²) in [6.45, 7) is 5.86. The summed E-state index contributed by atoms with van der Waals surface area (Å²) < 4.78 is 24.2. The molecule has 0 amide bonds. The zero-order valence-electron chi connectivity index (χ0n) is 7.94. The summed E-state index contributed by atoms with van der Waals surface area (Å²) in [7, 11) is -3.28. The largest absolute Gasteiger partial charge is 0.395 e. The minimum atomic E-state index is -3.28. The van der Waals surface area contributed by atoms with Gasteiger partial charge in [0.25, 0.3) is 0 Å². The summed E-state index contributed by atoms with van der Waals surface area (Å²) in [4.78, 5) is 0. The molecule has 1 N–H and O–H groups in total. The van der Waals surface area contributed by atoms with E-state index in [1.165, 1.54) is 4.31 Å². The highest BCUT2D eigenvalue weighted by atomic mass is 32.2. The van der Waals surface area contributed by atoms with E-state index in [9.17, 15) is 8.42 Å². The number of rotatable bonds is 7. The van der Waals surface area contributed by atoms with Gasteiger partial charge in [0.1, 0.15) is 0 Å². The monoisotopic (exact) mass is 207 g/mol. The summed E-state index contributed by atoms with van der Waals surface area (Å²) in [5.41, 5.74) is 0. The fourth-order valence-corrected chi connectivity index (χ4v) is 2.26. The van der Waals surface area contributed by atoms with Crippen molar-refractivity contribution in [3.8, 4) is 0 Å². The highest BCUT2D eigenvalue weighted by molar-refractivity contribution is 7.89. The molecule has 0 heterocycles. The molecule has 0 aromatic carbocycles. The average Bonchev–Trinajstić information content (AvgIpc) is 2.04. The van der Waals surface area contributed by atoms with Crippen molar-refractivity contribution in [2.24, 2.45) is 0 Å². The molecule has 0 aliphatic carbocycles. The van der Waals surface area contributed by atoms with Crippen LogP contribution in [0.5, 0.6) is 0 Å². The minimum Gasteiger partial charge on any atom is -0.395 e. The Hall–Kier alpha value is -0.390. The Morgan fingerprint density at radius 3 is 2.54 bits per heavy atom. The molecule has 78 valence electrons. The number of hydrogen-bond acceptors (Lipinski definition) is 3. The summed E-state index contributed by atoms with van der Waals surface area (Å²) in [6, 6.07) is 0. The lowest BCUT2D eigenvalue weighted by atomic mass is 10.5. The second-order valence-electron chi connectivity index (χ2n) is 2.69. The molecule has 0 fully saturated rings. The van der Waals surface area contributed by atoms with E-state index in [0.29, 0.717) is 13.1 Å². The highest BCUT2D eigenvalue weighted by Gasteiger charge is 2.18. The van der Waals surface area contributed by atoms with Crippen LogP contribution in [0.1, 0.15) is 13.3 Å². The normalized spacial score (nSPS) is 11.9. The third kappa shape index (κ3) is 4.40. The van der Waals surface area contributed by atoms with Gasteiger partial charge in [-0.2, -0.15) is 4.31 Å². The molecule has 0 saturated carbocycles. The van der Waals surface area contributed by atoms with Crippen LogP contribution in [0.4, 0.5) is 0 Å². The highest BCUT2D eigenvalue weighted by Crippen LogP contribution is 2.02. The molecule has 0 bridgehead atoms. The van der Waals surface area contributed by atoms with Gasteiger partial charge in [0, 0.05) is 13.1 Å². The van der Waals surface area contributed by atoms with Crippen molar-refractivity contribution in [2.75, 3.05) is 25.4 Å². The van der Waals surface area contributed by atoms with E-state index in [1.807, 2.05) is 6.92 Å². The van der Waals surface area contributed by atoms with Crippen LogP contribution in [0.2, 0.25) is 0 Å². The Labute approximate surface area is 79.9 Å². The minimum absolute atomic E-state index is 0.208. The van der Waals surface area contributed by atoms with Crippen LogP contribution in [-0.4, -0.2) is 43.3 Å². The van der Waals surface area contributed by atoms with Crippen molar-refractivity contribution in [1.29, 1.82) is 0 Å². The standard InChI is InChI=1S/C8H17NO3S/c1-3-5-9(6-4-2)13(11,12)8-7-10/h3,10H,1,4-8H2,2H3. The van der Waals surface area contributed by atoms with E-state index in [0.717, 1.165) is 6.42 Å². The molecule has 0 aliphatic heterocycles. The smallest absolute Gasteiger partial charge is 0.216 e. The molecule has 0 unspecified atom stereocenters. The summed E-state index contributed by atoms with van der Waals surface area (Å²) in [5.74, 6) is -0.208. The van der Waals surface area contributed by atoms with Crippen molar-refractivity contribution in [3.05, 3.63) is 12.7 Å². The van der Waals surface area contributed by atoms with Gasteiger partial charge in [-0.25, -0.2) is 8.42 Å². The molecule has 0 rings (SSSR count).